The van der Waals surface area contributed by atoms with Crippen LogP contribution in [0.4, 0.5) is 4.39 Å². The summed E-state index contributed by atoms with van der Waals surface area (Å²) in [6.07, 6.45) is 4.08. The van der Waals surface area contributed by atoms with E-state index in [1.165, 1.54) is 6.07 Å². The smallest absolute Gasteiger partial charge is 0.127 e. The van der Waals surface area contributed by atoms with Crippen LogP contribution in [0.2, 0.25) is 5.02 Å². The second kappa shape index (κ2) is 7.46. The van der Waals surface area contributed by atoms with Crippen molar-refractivity contribution in [2.24, 2.45) is 0 Å². The fourth-order valence-corrected chi connectivity index (χ4v) is 2.45. The summed E-state index contributed by atoms with van der Waals surface area (Å²) in [6.45, 7) is 2.91. The summed E-state index contributed by atoms with van der Waals surface area (Å²) >= 11 is 5.78. The number of halogens is 2. The van der Waals surface area contributed by atoms with E-state index in [0.717, 1.165) is 25.1 Å². The molecule has 0 aliphatic carbocycles. The molecule has 1 unspecified atom stereocenters. The maximum Gasteiger partial charge on any atom is 0.127 e. The Kier molecular flexibility index (Phi) is 5.62. The molecule has 108 valence electrons. The Hall–Kier alpha value is -1.32. The molecule has 0 bridgehead atoms. The van der Waals surface area contributed by atoms with E-state index in [4.69, 9.17) is 16.0 Å². The quantitative estimate of drug-likeness (QED) is 0.827. The standard InChI is InChI=1S/C16H19ClFNO/c1-2-19-14(7-8-15-4-3-9-20-15)10-12-5-6-13(17)11-16(12)18/h3-6,9,11,14,19H,2,7-8,10H2,1H3. The highest BCUT2D eigenvalue weighted by Crippen LogP contribution is 2.17. The highest BCUT2D eigenvalue weighted by Gasteiger charge is 2.12. The maximum absolute atomic E-state index is 13.8. The van der Waals surface area contributed by atoms with Crippen molar-refractivity contribution >= 4 is 11.6 Å². The number of hydrogen-bond donors (Lipinski definition) is 1. The molecule has 1 heterocycles. The zero-order valence-electron chi connectivity index (χ0n) is 11.5. The third-order valence-electron chi connectivity index (χ3n) is 3.29. The van der Waals surface area contributed by atoms with Gasteiger partial charge in [0.05, 0.1) is 6.26 Å². The van der Waals surface area contributed by atoms with Gasteiger partial charge in [-0.25, -0.2) is 4.39 Å². The monoisotopic (exact) mass is 295 g/mol. The Morgan fingerprint density at radius 1 is 1.35 bits per heavy atom. The van der Waals surface area contributed by atoms with Crippen molar-refractivity contribution in [3.63, 3.8) is 0 Å². The van der Waals surface area contributed by atoms with Crippen molar-refractivity contribution in [2.75, 3.05) is 6.54 Å². The van der Waals surface area contributed by atoms with Crippen LogP contribution in [0.1, 0.15) is 24.7 Å². The molecule has 2 rings (SSSR count). The van der Waals surface area contributed by atoms with Gasteiger partial charge in [0.25, 0.3) is 0 Å². The topological polar surface area (TPSA) is 25.2 Å². The molecule has 0 amide bonds. The van der Waals surface area contributed by atoms with Crippen LogP contribution >= 0.6 is 11.6 Å². The molecular formula is C16H19ClFNO. The SMILES string of the molecule is CCNC(CCc1ccco1)Cc1ccc(Cl)cc1F. The van der Waals surface area contributed by atoms with Gasteiger partial charge in [-0.1, -0.05) is 24.6 Å². The summed E-state index contributed by atoms with van der Waals surface area (Å²) < 4.78 is 19.2. The van der Waals surface area contributed by atoms with Crippen molar-refractivity contribution in [3.8, 4) is 0 Å². The Labute approximate surface area is 123 Å². The first-order valence-electron chi connectivity index (χ1n) is 6.88. The molecular weight excluding hydrogens is 277 g/mol. The summed E-state index contributed by atoms with van der Waals surface area (Å²) in [5, 5.41) is 3.83. The number of furan rings is 1. The van der Waals surface area contributed by atoms with Crippen molar-refractivity contribution in [2.45, 2.75) is 32.2 Å². The van der Waals surface area contributed by atoms with Crippen LogP contribution in [0.25, 0.3) is 0 Å². The molecule has 4 heteroatoms. The molecule has 1 N–H and O–H groups in total. The Morgan fingerprint density at radius 3 is 2.85 bits per heavy atom. The third kappa shape index (κ3) is 4.36. The van der Waals surface area contributed by atoms with Crippen LogP contribution < -0.4 is 5.32 Å². The lowest BCUT2D eigenvalue weighted by molar-refractivity contribution is 0.443. The van der Waals surface area contributed by atoms with Crippen LogP contribution in [0, 0.1) is 5.82 Å². The van der Waals surface area contributed by atoms with Gasteiger partial charge in [-0.2, -0.15) is 0 Å². The third-order valence-corrected chi connectivity index (χ3v) is 3.53. The summed E-state index contributed by atoms with van der Waals surface area (Å²) in [4.78, 5) is 0. The van der Waals surface area contributed by atoms with E-state index in [-0.39, 0.29) is 11.9 Å². The van der Waals surface area contributed by atoms with E-state index in [2.05, 4.69) is 12.2 Å². The highest BCUT2D eigenvalue weighted by molar-refractivity contribution is 6.30. The van der Waals surface area contributed by atoms with Gasteiger partial charge in [0.2, 0.25) is 0 Å². The molecule has 0 spiro atoms. The van der Waals surface area contributed by atoms with Gasteiger partial charge in [0.15, 0.2) is 0 Å². The van der Waals surface area contributed by atoms with E-state index in [1.54, 1.807) is 18.4 Å². The van der Waals surface area contributed by atoms with Gasteiger partial charge in [-0.05, 0) is 49.2 Å². The minimum Gasteiger partial charge on any atom is -0.469 e. The van der Waals surface area contributed by atoms with Crippen LogP contribution in [0.15, 0.2) is 41.0 Å². The summed E-state index contributed by atoms with van der Waals surface area (Å²) in [7, 11) is 0. The van der Waals surface area contributed by atoms with Crippen molar-refractivity contribution in [3.05, 3.63) is 58.8 Å². The molecule has 2 nitrogen and oxygen atoms in total. The number of benzene rings is 1. The van der Waals surface area contributed by atoms with Gasteiger partial charge in [-0.3, -0.25) is 0 Å². The fourth-order valence-electron chi connectivity index (χ4n) is 2.29. The second-order valence-corrected chi connectivity index (χ2v) is 5.25. The number of likely N-dealkylation sites (N-methyl/N-ethyl adjacent to an activating group) is 1. The van der Waals surface area contributed by atoms with Crippen LogP contribution in [0.5, 0.6) is 0 Å². The lowest BCUT2D eigenvalue weighted by Gasteiger charge is -2.18. The molecule has 0 aliphatic heterocycles. The fraction of sp³-hybridized carbons (Fsp3) is 0.375. The van der Waals surface area contributed by atoms with E-state index in [0.29, 0.717) is 17.0 Å². The molecule has 1 aromatic carbocycles. The maximum atomic E-state index is 13.8. The van der Waals surface area contributed by atoms with Crippen LogP contribution in [-0.2, 0) is 12.8 Å². The predicted octanol–water partition coefficient (Wildman–Crippen LogP) is 4.23. The molecule has 1 aromatic heterocycles. The average molecular weight is 296 g/mol. The lowest BCUT2D eigenvalue weighted by atomic mass is 10.0. The summed E-state index contributed by atoms with van der Waals surface area (Å²) in [6, 6.07) is 8.93. The zero-order chi connectivity index (χ0) is 14.4. The van der Waals surface area contributed by atoms with Gasteiger partial charge < -0.3 is 9.73 Å². The first kappa shape index (κ1) is 15.1. The molecule has 2 aromatic rings. The number of hydrogen-bond acceptors (Lipinski definition) is 2. The van der Waals surface area contributed by atoms with Gasteiger partial charge >= 0.3 is 0 Å². The normalized spacial score (nSPS) is 12.6. The van der Waals surface area contributed by atoms with Gasteiger partial charge in [0.1, 0.15) is 11.6 Å². The molecule has 0 aliphatic rings. The van der Waals surface area contributed by atoms with Crippen molar-refractivity contribution in [1.29, 1.82) is 0 Å². The summed E-state index contributed by atoms with van der Waals surface area (Å²) in [5.41, 5.74) is 0.694. The number of rotatable bonds is 7. The van der Waals surface area contributed by atoms with E-state index in [9.17, 15) is 4.39 Å². The van der Waals surface area contributed by atoms with E-state index >= 15 is 0 Å². The predicted molar refractivity (Wildman–Crippen MR) is 79.6 cm³/mol. The summed E-state index contributed by atoms with van der Waals surface area (Å²) in [5.74, 6) is 0.725. The number of nitrogens with one attached hydrogen (secondary N) is 1. The molecule has 0 radical (unpaired) electrons. The second-order valence-electron chi connectivity index (χ2n) is 4.81. The van der Waals surface area contributed by atoms with Crippen molar-refractivity contribution < 1.29 is 8.81 Å². The van der Waals surface area contributed by atoms with E-state index in [1.807, 2.05) is 12.1 Å². The highest BCUT2D eigenvalue weighted by atomic mass is 35.5. The van der Waals surface area contributed by atoms with Crippen LogP contribution in [0.3, 0.4) is 0 Å². The first-order valence-corrected chi connectivity index (χ1v) is 7.26. The zero-order valence-corrected chi connectivity index (χ0v) is 12.3. The molecule has 20 heavy (non-hydrogen) atoms. The first-order chi connectivity index (χ1) is 9.69. The van der Waals surface area contributed by atoms with Crippen molar-refractivity contribution in [1.82, 2.24) is 5.32 Å². The Balaban J connectivity index is 1.97. The molecule has 0 saturated heterocycles. The molecule has 0 saturated carbocycles. The van der Waals surface area contributed by atoms with Gasteiger partial charge in [0, 0.05) is 17.5 Å². The Bertz CT molecular complexity index is 527. The molecule has 1 atom stereocenters. The average Bonchev–Trinajstić information content (AvgIpc) is 2.92. The number of aryl methyl sites for hydroxylation is 1. The largest absolute Gasteiger partial charge is 0.469 e. The van der Waals surface area contributed by atoms with Gasteiger partial charge in [-0.15, -0.1) is 0 Å². The minimum absolute atomic E-state index is 0.223. The Morgan fingerprint density at radius 2 is 2.20 bits per heavy atom. The lowest BCUT2D eigenvalue weighted by Crippen LogP contribution is -2.31. The van der Waals surface area contributed by atoms with E-state index < -0.39 is 0 Å². The molecule has 0 fully saturated rings. The van der Waals surface area contributed by atoms with Crippen LogP contribution in [-0.4, -0.2) is 12.6 Å². The minimum atomic E-state index is -0.238.